The Morgan fingerprint density at radius 3 is 2.29 bits per heavy atom. The van der Waals surface area contributed by atoms with Crippen molar-refractivity contribution in [2.24, 2.45) is 0 Å². The number of benzene rings is 2. The number of likely N-dealkylation sites (N-methyl/N-ethyl adjacent to an activating group) is 1. The van der Waals surface area contributed by atoms with Gasteiger partial charge >= 0.3 is 0 Å². The van der Waals surface area contributed by atoms with Crippen LogP contribution in [0, 0.1) is 0 Å². The van der Waals surface area contributed by atoms with Gasteiger partial charge in [-0.25, -0.2) is 0 Å². The van der Waals surface area contributed by atoms with Crippen LogP contribution in [-0.2, 0) is 15.0 Å². The number of amides is 1. The quantitative estimate of drug-likeness (QED) is 0.339. The first-order chi connectivity index (χ1) is 16.0. The van der Waals surface area contributed by atoms with Crippen molar-refractivity contribution >= 4 is 29.1 Å². The van der Waals surface area contributed by atoms with E-state index in [1.807, 2.05) is 50.2 Å². The number of likely N-dealkylation sites (tertiary alicyclic amines) is 1. The molecule has 1 saturated heterocycles. The second-order valence-electron chi connectivity index (χ2n) is 9.75. The van der Waals surface area contributed by atoms with Crippen molar-refractivity contribution in [3.05, 3.63) is 69.8 Å². The Morgan fingerprint density at radius 2 is 1.76 bits per heavy atom. The van der Waals surface area contributed by atoms with Crippen molar-refractivity contribution in [2.75, 3.05) is 33.8 Å². The number of hydrogen-bond acceptors (Lipinski definition) is 5. The minimum absolute atomic E-state index is 0.0374. The standard InChI is InChI=1S/C27H33ClN2O4/c1-7-34-21-13-10-18(16-20(21)28)24(31)22-23(17-8-11-19(12-9-17)27(2,3)4)30(15-14-29(5)6)26(33)25(22)32/h8-13,16,23,31H,7,14-15H2,1-6H3/t23-/m1/s1. The van der Waals surface area contributed by atoms with Crippen molar-refractivity contribution in [3.8, 4) is 5.75 Å². The first-order valence-corrected chi connectivity index (χ1v) is 11.8. The molecule has 0 radical (unpaired) electrons. The Labute approximate surface area is 206 Å². The fourth-order valence-corrected chi connectivity index (χ4v) is 4.24. The smallest absolute Gasteiger partial charge is 0.295 e. The van der Waals surface area contributed by atoms with E-state index in [2.05, 4.69) is 20.8 Å². The molecule has 0 aromatic heterocycles. The van der Waals surface area contributed by atoms with Crippen LogP contribution in [0.1, 0.15) is 50.4 Å². The number of rotatable bonds is 7. The van der Waals surface area contributed by atoms with Crippen molar-refractivity contribution in [3.63, 3.8) is 0 Å². The molecule has 0 saturated carbocycles. The normalized spacial score (nSPS) is 18.1. The first-order valence-electron chi connectivity index (χ1n) is 11.4. The largest absolute Gasteiger partial charge is 0.507 e. The van der Waals surface area contributed by atoms with E-state index < -0.39 is 17.7 Å². The van der Waals surface area contributed by atoms with E-state index in [4.69, 9.17) is 16.3 Å². The lowest BCUT2D eigenvalue weighted by atomic mass is 9.85. The zero-order valence-electron chi connectivity index (χ0n) is 20.7. The van der Waals surface area contributed by atoms with Crippen LogP contribution >= 0.6 is 11.6 Å². The SMILES string of the molecule is CCOc1ccc(C(O)=C2C(=O)C(=O)N(CCN(C)C)[C@@H]2c2ccc(C(C)(C)C)cc2)cc1Cl. The number of ketones is 1. The van der Waals surface area contributed by atoms with Crippen LogP contribution in [0.5, 0.6) is 5.75 Å². The number of carbonyl (C=O) groups excluding carboxylic acids is 2. The van der Waals surface area contributed by atoms with Crippen molar-refractivity contribution < 1.29 is 19.4 Å². The fourth-order valence-electron chi connectivity index (χ4n) is 4.01. The van der Waals surface area contributed by atoms with E-state index in [1.54, 1.807) is 18.2 Å². The molecule has 1 aliphatic heterocycles. The Bertz CT molecular complexity index is 1100. The van der Waals surface area contributed by atoms with Crippen LogP contribution in [-0.4, -0.2) is 60.4 Å². The second kappa shape index (κ2) is 10.2. The number of hydrogen-bond donors (Lipinski definition) is 1. The monoisotopic (exact) mass is 484 g/mol. The highest BCUT2D eigenvalue weighted by Crippen LogP contribution is 2.40. The third-order valence-electron chi connectivity index (χ3n) is 5.93. The first kappa shape index (κ1) is 25.8. The summed E-state index contributed by atoms with van der Waals surface area (Å²) >= 11 is 6.32. The van der Waals surface area contributed by atoms with Crippen LogP contribution < -0.4 is 4.74 Å². The molecular formula is C27H33ClN2O4. The average Bonchev–Trinajstić information content (AvgIpc) is 3.03. The Kier molecular flexibility index (Phi) is 7.74. The number of nitrogens with zero attached hydrogens (tertiary/aromatic N) is 2. The van der Waals surface area contributed by atoms with E-state index in [-0.39, 0.29) is 16.7 Å². The molecule has 2 aromatic carbocycles. The highest BCUT2D eigenvalue weighted by molar-refractivity contribution is 6.46. The number of carbonyl (C=O) groups is 2. The van der Waals surface area contributed by atoms with Gasteiger partial charge in [0.2, 0.25) is 0 Å². The summed E-state index contributed by atoms with van der Waals surface area (Å²) in [5.74, 6) is -1.08. The summed E-state index contributed by atoms with van der Waals surface area (Å²) < 4.78 is 5.47. The molecule has 1 aliphatic rings. The molecule has 1 N–H and O–H groups in total. The molecule has 3 rings (SSSR count). The predicted octanol–water partition coefficient (Wildman–Crippen LogP) is 5.02. The van der Waals surface area contributed by atoms with Crippen molar-refractivity contribution in [2.45, 2.75) is 39.2 Å². The molecule has 0 spiro atoms. The summed E-state index contributed by atoms with van der Waals surface area (Å²) in [6.45, 7) is 9.61. The summed E-state index contributed by atoms with van der Waals surface area (Å²) in [5, 5.41) is 11.6. The number of ether oxygens (including phenoxy) is 1. The summed E-state index contributed by atoms with van der Waals surface area (Å²) in [4.78, 5) is 29.7. The van der Waals surface area contributed by atoms with Gasteiger partial charge in [0, 0.05) is 18.7 Å². The molecule has 1 amide bonds. The molecule has 182 valence electrons. The van der Waals surface area contributed by atoms with Crippen LogP contribution in [0.15, 0.2) is 48.0 Å². The maximum absolute atomic E-state index is 13.2. The molecule has 0 aliphatic carbocycles. The molecule has 2 aromatic rings. The minimum atomic E-state index is -0.703. The van der Waals surface area contributed by atoms with E-state index in [0.717, 1.165) is 11.1 Å². The Balaban J connectivity index is 2.13. The third kappa shape index (κ3) is 5.29. The van der Waals surface area contributed by atoms with E-state index in [1.165, 1.54) is 4.90 Å². The van der Waals surface area contributed by atoms with Gasteiger partial charge in [0.15, 0.2) is 0 Å². The molecule has 0 unspecified atom stereocenters. The third-order valence-corrected chi connectivity index (χ3v) is 6.22. The number of aliphatic hydroxyl groups is 1. The lowest BCUT2D eigenvalue weighted by Gasteiger charge is -2.27. The van der Waals surface area contributed by atoms with Crippen LogP contribution in [0.2, 0.25) is 5.02 Å². The maximum Gasteiger partial charge on any atom is 0.295 e. The van der Waals surface area contributed by atoms with Gasteiger partial charge in [-0.05, 0) is 55.8 Å². The Hall–Kier alpha value is -2.83. The maximum atomic E-state index is 13.2. The highest BCUT2D eigenvalue weighted by Gasteiger charge is 2.46. The molecule has 1 atom stereocenters. The predicted molar refractivity (Wildman–Crippen MR) is 135 cm³/mol. The highest BCUT2D eigenvalue weighted by atomic mass is 35.5. The average molecular weight is 485 g/mol. The molecule has 6 nitrogen and oxygen atoms in total. The number of halogens is 1. The van der Waals surface area contributed by atoms with Crippen LogP contribution in [0.25, 0.3) is 5.76 Å². The number of aliphatic hydroxyl groups excluding tert-OH is 1. The van der Waals surface area contributed by atoms with E-state index in [0.29, 0.717) is 36.0 Å². The summed E-state index contributed by atoms with van der Waals surface area (Å²) in [6, 6.07) is 12.0. The zero-order chi connectivity index (χ0) is 25.2. The summed E-state index contributed by atoms with van der Waals surface area (Å²) in [7, 11) is 3.82. The van der Waals surface area contributed by atoms with Gasteiger partial charge < -0.3 is 19.6 Å². The van der Waals surface area contributed by atoms with Gasteiger partial charge in [0.1, 0.15) is 11.5 Å². The van der Waals surface area contributed by atoms with Gasteiger partial charge in [0.05, 0.1) is 23.2 Å². The van der Waals surface area contributed by atoms with Gasteiger partial charge in [-0.3, -0.25) is 9.59 Å². The second-order valence-corrected chi connectivity index (χ2v) is 10.2. The molecule has 1 heterocycles. The topological polar surface area (TPSA) is 70.1 Å². The van der Waals surface area contributed by atoms with E-state index >= 15 is 0 Å². The summed E-state index contributed by atoms with van der Waals surface area (Å²) in [6.07, 6.45) is 0. The molecule has 34 heavy (non-hydrogen) atoms. The van der Waals surface area contributed by atoms with Crippen molar-refractivity contribution in [1.29, 1.82) is 0 Å². The van der Waals surface area contributed by atoms with Gasteiger partial charge in [-0.1, -0.05) is 56.6 Å². The fraction of sp³-hybridized carbons (Fsp3) is 0.407. The van der Waals surface area contributed by atoms with Gasteiger partial charge in [-0.15, -0.1) is 0 Å². The van der Waals surface area contributed by atoms with E-state index in [9.17, 15) is 14.7 Å². The van der Waals surface area contributed by atoms with Crippen molar-refractivity contribution in [1.82, 2.24) is 9.80 Å². The number of Topliss-reactive ketones (excluding diaryl/α,β-unsaturated/α-hetero) is 1. The molecule has 1 fully saturated rings. The molecule has 7 heteroatoms. The van der Waals surface area contributed by atoms with Crippen LogP contribution in [0.4, 0.5) is 0 Å². The summed E-state index contributed by atoms with van der Waals surface area (Å²) in [5.41, 5.74) is 2.29. The van der Waals surface area contributed by atoms with Gasteiger partial charge in [0.25, 0.3) is 11.7 Å². The minimum Gasteiger partial charge on any atom is -0.507 e. The van der Waals surface area contributed by atoms with Crippen LogP contribution in [0.3, 0.4) is 0 Å². The molecule has 0 bridgehead atoms. The molecular weight excluding hydrogens is 452 g/mol. The lowest BCUT2D eigenvalue weighted by molar-refractivity contribution is -0.140. The van der Waals surface area contributed by atoms with Gasteiger partial charge in [-0.2, -0.15) is 0 Å². The Morgan fingerprint density at radius 1 is 1.12 bits per heavy atom. The lowest BCUT2D eigenvalue weighted by Crippen LogP contribution is -2.35. The zero-order valence-corrected chi connectivity index (χ0v) is 21.4.